The first kappa shape index (κ1) is 10.8. The molecular formula is C4H10S5. The zero-order valence-corrected chi connectivity index (χ0v) is 9.54. The molecule has 0 unspecified atom stereocenters. The van der Waals surface area contributed by atoms with Crippen molar-refractivity contribution in [2.45, 2.75) is 0 Å². The molecule has 0 aliphatic heterocycles. The van der Waals surface area contributed by atoms with Crippen LogP contribution in [-0.4, -0.2) is 22.7 Å². The molecule has 0 aromatic rings. The lowest BCUT2D eigenvalue weighted by molar-refractivity contribution is 2.25. The van der Waals surface area contributed by atoms with Crippen LogP contribution in [0.25, 0.3) is 0 Å². The molecule has 0 fully saturated rings. The molecule has 0 aromatic carbocycles. The summed E-state index contributed by atoms with van der Waals surface area (Å²) >= 11 is 1.89. The summed E-state index contributed by atoms with van der Waals surface area (Å²) in [5.74, 6) is 0. The van der Waals surface area contributed by atoms with E-state index in [0.717, 1.165) is 0 Å². The van der Waals surface area contributed by atoms with E-state index in [2.05, 4.69) is 12.5 Å². The van der Waals surface area contributed by atoms with Gasteiger partial charge < -0.3 is 0 Å². The third kappa shape index (κ3) is 9.75. The van der Waals surface area contributed by atoms with E-state index in [1.54, 1.807) is 0 Å². The minimum atomic E-state index is 1.20. The molecule has 0 saturated carbocycles. The molecule has 56 valence electrons. The van der Waals surface area contributed by atoms with E-state index in [1.807, 2.05) is 54.9 Å². The SMILES string of the molecule is CSCSSCSSC. The van der Waals surface area contributed by atoms with Gasteiger partial charge in [-0.2, -0.15) is 11.8 Å². The minimum Gasteiger partial charge on any atom is -0.154 e. The van der Waals surface area contributed by atoms with E-state index in [1.165, 1.54) is 10.2 Å². The van der Waals surface area contributed by atoms with Crippen molar-refractivity contribution < 1.29 is 0 Å². The molecule has 0 aliphatic rings. The van der Waals surface area contributed by atoms with Crippen LogP contribution in [0.2, 0.25) is 0 Å². The second kappa shape index (κ2) is 9.75. The van der Waals surface area contributed by atoms with Crippen LogP contribution in [-0.2, 0) is 0 Å². The highest BCUT2D eigenvalue weighted by Crippen LogP contribution is 2.31. The average molecular weight is 218 g/mol. The second-order valence-corrected chi connectivity index (χ2v) is 7.67. The maximum absolute atomic E-state index is 2.13. The van der Waals surface area contributed by atoms with Crippen LogP contribution >= 0.6 is 54.9 Å². The van der Waals surface area contributed by atoms with Crippen molar-refractivity contribution in [1.82, 2.24) is 0 Å². The van der Waals surface area contributed by atoms with Crippen molar-refractivity contribution in [3.05, 3.63) is 0 Å². The Kier molecular flexibility index (Phi) is 11.6. The van der Waals surface area contributed by atoms with Crippen LogP contribution in [0.15, 0.2) is 0 Å². The maximum Gasteiger partial charge on any atom is 0.0600 e. The first-order valence-electron chi connectivity index (χ1n) is 2.30. The van der Waals surface area contributed by atoms with Crippen molar-refractivity contribution in [3.8, 4) is 0 Å². The second-order valence-electron chi connectivity index (χ2n) is 1.04. The van der Waals surface area contributed by atoms with Crippen molar-refractivity contribution in [2.75, 3.05) is 22.7 Å². The Labute approximate surface area is 77.2 Å². The first-order chi connectivity index (χ1) is 4.41. The molecule has 0 N–H and O–H groups in total. The van der Waals surface area contributed by atoms with E-state index in [9.17, 15) is 0 Å². The number of hydrogen-bond donors (Lipinski definition) is 0. The summed E-state index contributed by atoms with van der Waals surface area (Å²) in [4.78, 5) is 0. The molecule has 0 amide bonds. The monoisotopic (exact) mass is 218 g/mol. The Morgan fingerprint density at radius 1 is 0.889 bits per heavy atom. The molecule has 5 heteroatoms. The largest absolute Gasteiger partial charge is 0.154 e. The van der Waals surface area contributed by atoms with Crippen LogP contribution in [0.1, 0.15) is 0 Å². The highest BCUT2D eigenvalue weighted by molar-refractivity contribution is 8.85. The molecule has 0 atom stereocenters. The van der Waals surface area contributed by atoms with Gasteiger partial charge in [-0.25, -0.2) is 0 Å². The quantitative estimate of drug-likeness (QED) is 0.378. The Bertz CT molecular complexity index is 42.2. The first-order valence-corrected chi connectivity index (χ1v) is 8.91. The van der Waals surface area contributed by atoms with Gasteiger partial charge in [0.2, 0.25) is 0 Å². The Morgan fingerprint density at radius 3 is 2.11 bits per heavy atom. The zero-order chi connectivity index (χ0) is 6.95. The minimum absolute atomic E-state index is 1.20. The van der Waals surface area contributed by atoms with Crippen LogP contribution in [0, 0.1) is 0 Å². The molecule has 0 nitrogen and oxygen atoms in total. The standard InChI is InChI=1S/C4H10S5/c1-5-3-8-9-4-7-6-2/h3-4H2,1-2H3. The molecule has 0 bridgehead atoms. The molecule has 0 aromatic heterocycles. The zero-order valence-electron chi connectivity index (χ0n) is 5.46. The number of thioether (sulfide) groups is 1. The van der Waals surface area contributed by atoms with Gasteiger partial charge >= 0.3 is 0 Å². The van der Waals surface area contributed by atoms with E-state index >= 15 is 0 Å². The van der Waals surface area contributed by atoms with Crippen LogP contribution < -0.4 is 0 Å². The smallest absolute Gasteiger partial charge is 0.0600 e. The van der Waals surface area contributed by atoms with Gasteiger partial charge in [-0.15, -0.1) is 0 Å². The summed E-state index contributed by atoms with van der Waals surface area (Å²) in [6.45, 7) is 0. The summed E-state index contributed by atoms with van der Waals surface area (Å²) < 4.78 is 0. The Morgan fingerprint density at radius 2 is 1.56 bits per heavy atom. The van der Waals surface area contributed by atoms with Gasteiger partial charge in [0, 0.05) is 5.08 Å². The Balaban J connectivity index is 2.60. The van der Waals surface area contributed by atoms with Gasteiger partial charge in [-0.1, -0.05) is 43.2 Å². The van der Waals surface area contributed by atoms with Gasteiger partial charge in [0.15, 0.2) is 0 Å². The molecule has 0 rings (SSSR count). The van der Waals surface area contributed by atoms with Crippen molar-refractivity contribution in [3.63, 3.8) is 0 Å². The van der Waals surface area contributed by atoms with E-state index in [-0.39, 0.29) is 0 Å². The van der Waals surface area contributed by atoms with Crippen molar-refractivity contribution in [1.29, 1.82) is 0 Å². The van der Waals surface area contributed by atoms with Crippen molar-refractivity contribution in [2.24, 2.45) is 0 Å². The fraction of sp³-hybridized carbons (Fsp3) is 1.00. The molecule has 0 radical (unpaired) electrons. The highest BCUT2D eigenvalue weighted by Gasteiger charge is 1.87. The molecular weight excluding hydrogens is 208 g/mol. The predicted octanol–water partition coefficient (Wildman–Crippen LogP) is 3.66. The third-order valence-corrected chi connectivity index (χ3v) is 6.77. The normalized spacial score (nSPS) is 10.0. The van der Waals surface area contributed by atoms with E-state index < -0.39 is 0 Å². The van der Waals surface area contributed by atoms with Gasteiger partial charge in [0.25, 0.3) is 0 Å². The molecule has 0 spiro atoms. The van der Waals surface area contributed by atoms with E-state index in [4.69, 9.17) is 0 Å². The summed E-state index contributed by atoms with van der Waals surface area (Å²) in [5, 5.41) is 2.41. The highest BCUT2D eigenvalue weighted by atomic mass is 33.1. The van der Waals surface area contributed by atoms with Crippen LogP contribution in [0.3, 0.4) is 0 Å². The van der Waals surface area contributed by atoms with Crippen LogP contribution in [0.5, 0.6) is 0 Å². The summed E-state index contributed by atoms with van der Waals surface area (Å²) in [5.41, 5.74) is 0. The van der Waals surface area contributed by atoms with Crippen molar-refractivity contribution >= 4 is 54.9 Å². The molecule has 0 heterocycles. The van der Waals surface area contributed by atoms with Gasteiger partial charge in [0.1, 0.15) is 0 Å². The number of hydrogen-bond acceptors (Lipinski definition) is 5. The predicted molar refractivity (Wildman–Crippen MR) is 59.5 cm³/mol. The fourth-order valence-electron chi connectivity index (χ4n) is 0.184. The topological polar surface area (TPSA) is 0 Å². The molecule has 0 saturated heterocycles. The molecule has 9 heavy (non-hydrogen) atoms. The van der Waals surface area contributed by atoms with Gasteiger partial charge in [-0.3, -0.25) is 0 Å². The van der Waals surface area contributed by atoms with Crippen LogP contribution in [0.4, 0.5) is 0 Å². The lowest BCUT2D eigenvalue weighted by Crippen LogP contribution is -1.62. The fourth-order valence-corrected chi connectivity index (χ4v) is 6.03. The maximum atomic E-state index is 2.13. The van der Waals surface area contributed by atoms with Gasteiger partial charge in [-0.05, 0) is 12.5 Å². The lowest BCUT2D eigenvalue weighted by atomic mass is 11.9. The average Bonchev–Trinajstić information content (AvgIpc) is 1.89. The molecule has 0 aliphatic carbocycles. The summed E-state index contributed by atoms with van der Waals surface area (Å²) in [6.07, 6.45) is 4.25. The Hall–Kier alpha value is 1.75. The number of rotatable bonds is 6. The third-order valence-electron chi connectivity index (χ3n) is 0.463. The summed E-state index contributed by atoms with van der Waals surface area (Å²) in [6, 6.07) is 0. The summed E-state index contributed by atoms with van der Waals surface area (Å²) in [7, 11) is 7.62. The van der Waals surface area contributed by atoms with Gasteiger partial charge in [0.05, 0.1) is 5.08 Å². The van der Waals surface area contributed by atoms with E-state index in [0.29, 0.717) is 0 Å². The lowest BCUT2D eigenvalue weighted by Gasteiger charge is -1.95.